The van der Waals surface area contributed by atoms with Gasteiger partial charge in [-0.25, -0.2) is 9.97 Å². The third kappa shape index (κ3) is 5.26. The molecule has 3 aromatic rings. The second kappa shape index (κ2) is 10.5. The normalized spacial score (nSPS) is 12.5. The number of likely N-dealkylation sites (N-methyl/N-ethyl adjacent to an activating group) is 1. The van der Waals surface area contributed by atoms with E-state index in [-0.39, 0.29) is 5.84 Å². The summed E-state index contributed by atoms with van der Waals surface area (Å²) in [4.78, 5) is 11.4. The van der Waals surface area contributed by atoms with Crippen LogP contribution in [-0.4, -0.2) is 64.8 Å². The van der Waals surface area contributed by atoms with Crippen LogP contribution in [0, 0.1) is 5.41 Å². The minimum atomic E-state index is 0.216. The largest absolute Gasteiger partial charge is 0.496 e. The number of amidine groups is 1. The maximum absolute atomic E-state index is 8.21. The third-order valence-electron chi connectivity index (χ3n) is 5.84. The molecule has 0 saturated heterocycles. The lowest BCUT2D eigenvalue weighted by Crippen LogP contribution is -2.23. The number of aryl methyl sites for hydroxylation is 3. The second-order valence-electron chi connectivity index (χ2n) is 8.58. The van der Waals surface area contributed by atoms with Crippen LogP contribution < -0.4 is 15.4 Å². The molecule has 178 valence electrons. The number of nitrogens with zero attached hydrogens (tertiary/aromatic N) is 5. The Labute approximate surface area is 200 Å². The van der Waals surface area contributed by atoms with E-state index in [1.165, 1.54) is 0 Å². The standard InChI is InChI=1S/C25H32N8O/c1-32(2)14-13-27-12-11-22(26)29-25-28-16-18-9-10-19-23(24(18)30-25)20(33(3)31-19)15-17-7-5-6-8-21(17)34-4/h5-8,11-12,16,27H,9-10,13-15H2,1-4H3,(H2,26,28,29,30)/b12-11-. The first kappa shape index (κ1) is 23.4. The highest BCUT2D eigenvalue weighted by molar-refractivity contribution is 6.00. The first-order valence-corrected chi connectivity index (χ1v) is 11.4. The predicted octanol–water partition coefficient (Wildman–Crippen LogP) is 2.63. The Morgan fingerprint density at radius 3 is 2.88 bits per heavy atom. The summed E-state index contributed by atoms with van der Waals surface area (Å²) in [5, 5.41) is 19.2. The SMILES string of the molecule is COc1ccccc1Cc1c2c(nn1C)CCc1cnc(NC(=N)/C=C\NCCN(C)C)nc1-2. The first-order valence-electron chi connectivity index (χ1n) is 11.4. The number of hydrogen-bond acceptors (Lipinski definition) is 7. The number of methoxy groups -OCH3 is 1. The maximum atomic E-state index is 8.21. The van der Waals surface area contributed by atoms with E-state index >= 15 is 0 Å². The fourth-order valence-corrected chi connectivity index (χ4v) is 4.10. The monoisotopic (exact) mass is 460 g/mol. The molecule has 3 N–H and O–H groups in total. The van der Waals surface area contributed by atoms with Gasteiger partial charge in [-0.2, -0.15) is 5.10 Å². The van der Waals surface area contributed by atoms with Gasteiger partial charge in [-0.05, 0) is 44.6 Å². The minimum absolute atomic E-state index is 0.216. The molecular weight excluding hydrogens is 428 g/mol. The molecule has 34 heavy (non-hydrogen) atoms. The molecule has 0 fully saturated rings. The van der Waals surface area contributed by atoms with E-state index < -0.39 is 0 Å². The molecule has 9 heteroatoms. The van der Waals surface area contributed by atoms with E-state index in [2.05, 4.69) is 26.6 Å². The van der Waals surface area contributed by atoms with Gasteiger partial charge in [-0.15, -0.1) is 0 Å². The van der Waals surface area contributed by atoms with Gasteiger partial charge in [-0.3, -0.25) is 10.1 Å². The molecule has 0 aliphatic heterocycles. The summed E-state index contributed by atoms with van der Waals surface area (Å²) in [6.45, 7) is 1.73. The van der Waals surface area contributed by atoms with Gasteiger partial charge >= 0.3 is 0 Å². The number of aromatic nitrogens is 4. The number of hydrogen-bond donors (Lipinski definition) is 3. The molecule has 0 atom stereocenters. The van der Waals surface area contributed by atoms with E-state index in [0.717, 1.165) is 65.5 Å². The Morgan fingerprint density at radius 2 is 2.09 bits per heavy atom. The minimum Gasteiger partial charge on any atom is -0.496 e. The zero-order valence-electron chi connectivity index (χ0n) is 20.2. The zero-order chi connectivity index (χ0) is 24.1. The summed E-state index contributed by atoms with van der Waals surface area (Å²) in [5.74, 6) is 1.48. The van der Waals surface area contributed by atoms with Gasteiger partial charge in [-0.1, -0.05) is 18.2 Å². The first-order chi connectivity index (χ1) is 16.5. The Hall–Kier alpha value is -3.72. The summed E-state index contributed by atoms with van der Waals surface area (Å²) < 4.78 is 7.52. The zero-order valence-corrected chi connectivity index (χ0v) is 20.2. The van der Waals surface area contributed by atoms with Crippen LogP contribution in [0.3, 0.4) is 0 Å². The summed E-state index contributed by atoms with van der Waals surface area (Å²) >= 11 is 0. The number of nitrogens with one attached hydrogen (secondary N) is 3. The van der Waals surface area contributed by atoms with Gasteiger partial charge in [0.15, 0.2) is 0 Å². The van der Waals surface area contributed by atoms with Crippen LogP contribution in [-0.2, 0) is 26.3 Å². The van der Waals surface area contributed by atoms with Crippen LogP contribution >= 0.6 is 0 Å². The molecule has 2 aromatic heterocycles. The Kier molecular flexibility index (Phi) is 7.22. The molecule has 0 radical (unpaired) electrons. The Balaban J connectivity index is 1.56. The molecule has 0 bridgehead atoms. The van der Waals surface area contributed by atoms with Crippen molar-refractivity contribution in [1.82, 2.24) is 30.0 Å². The van der Waals surface area contributed by atoms with Crippen LogP contribution in [0.1, 0.15) is 22.5 Å². The molecule has 1 aliphatic carbocycles. The van der Waals surface area contributed by atoms with Gasteiger partial charge in [0.25, 0.3) is 0 Å². The molecule has 4 rings (SSSR count). The quantitative estimate of drug-likeness (QED) is 0.256. The van der Waals surface area contributed by atoms with E-state index in [0.29, 0.717) is 12.4 Å². The van der Waals surface area contributed by atoms with Crippen molar-refractivity contribution >= 4 is 11.8 Å². The number of rotatable bonds is 9. The van der Waals surface area contributed by atoms with Crippen molar-refractivity contribution < 1.29 is 4.74 Å². The lowest BCUT2D eigenvalue weighted by molar-refractivity contribution is 0.410. The van der Waals surface area contributed by atoms with E-state index in [9.17, 15) is 0 Å². The fraction of sp³-hybridized carbons (Fsp3) is 0.360. The van der Waals surface area contributed by atoms with Gasteiger partial charge in [0.2, 0.25) is 5.95 Å². The molecule has 0 spiro atoms. The highest BCUT2D eigenvalue weighted by atomic mass is 16.5. The molecule has 0 saturated carbocycles. The number of fused-ring (bicyclic) bond motifs is 3. The summed E-state index contributed by atoms with van der Waals surface area (Å²) in [5.41, 5.74) is 6.28. The number of ether oxygens (including phenoxy) is 1. The molecule has 2 heterocycles. The highest BCUT2D eigenvalue weighted by Gasteiger charge is 2.26. The Bertz CT molecular complexity index is 1200. The topological polar surface area (TPSA) is 104 Å². The van der Waals surface area contributed by atoms with Gasteiger partial charge < -0.3 is 20.3 Å². The third-order valence-corrected chi connectivity index (χ3v) is 5.84. The van der Waals surface area contributed by atoms with E-state index in [4.69, 9.17) is 20.2 Å². The van der Waals surface area contributed by atoms with Crippen molar-refractivity contribution in [3.05, 3.63) is 65.3 Å². The fourth-order valence-electron chi connectivity index (χ4n) is 4.10. The number of benzene rings is 1. The van der Waals surface area contributed by atoms with Crippen LogP contribution in [0.5, 0.6) is 5.75 Å². The molecule has 0 unspecified atom stereocenters. The van der Waals surface area contributed by atoms with Crippen molar-refractivity contribution in [2.24, 2.45) is 7.05 Å². The van der Waals surface area contributed by atoms with Gasteiger partial charge in [0.1, 0.15) is 11.6 Å². The van der Waals surface area contributed by atoms with Crippen molar-refractivity contribution in [1.29, 1.82) is 5.41 Å². The van der Waals surface area contributed by atoms with Crippen molar-refractivity contribution in [3.8, 4) is 17.0 Å². The van der Waals surface area contributed by atoms with Crippen molar-refractivity contribution in [2.45, 2.75) is 19.3 Å². The summed E-state index contributed by atoms with van der Waals surface area (Å²) in [7, 11) is 7.72. The van der Waals surface area contributed by atoms with Crippen LogP contribution in [0.25, 0.3) is 11.3 Å². The maximum Gasteiger partial charge on any atom is 0.228 e. The number of para-hydroxylation sites is 1. The van der Waals surface area contributed by atoms with Gasteiger partial charge in [0.05, 0.1) is 24.2 Å². The summed E-state index contributed by atoms with van der Waals surface area (Å²) in [6.07, 6.45) is 7.69. The molecular formula is C25H32N8O. The Morgan fingerprint density at radius 1 is 1.26 bits per heavy atom. The van der Waals surface area contributed by atoms with Crippen LogP contribution in [0.15, 0.2) is 42.7 Å². The van der Waals surface area contributed by atoms with Crippen LogP contribution in [0.2, 0.25) is 0 Å². The molecule has 1 aromatic carbocycles. The van der Waals surface area contributed by atoms with E-state index in [1.54, 1.807) is 19.4 Å². The van der Waals surface area contributed by atoms with E-state index in [1.807, 2.05) is 50.2 Å². The molecule has 0 amide bonds. The molecule has 9 nitrogen and oxygen atoms in total. The van der Waals surface area contributed by atoms with Crippen LogP contribution in [0.4, 0.5) is 5.95 Å². The summed E-state index contributed by atoms with van der Waals surface area (Å²) in [6, 6.07) is 8.05. The molecule has 1 aliphatic rings. The van der Waals surface area contributed by atoms with Gasteiger partial charge in [0, 0.05) is 50.1 Å². The average Bonchev–Trinajstić information content (AvgIpc) is 3.14. The van der Waals surface area contributed by atoms with Crippen molar-refractivity contribution in [3.63, 3.8) is 0 Å². The average molecular weight is 461 g/mol. The second-order valence-corrected chi connectivity index (χ2v) is 8.58. The number of anilines is 1. The lowest BCUT2D eigenvalue weighted by atomic mass is 9.91. The van der Waals surface area contributed by atoms with Crippen molar-refractivity contribution in [2.75, 3.05) is 39.6 Å². The smallest absolute Gasteiger partial charge is 0.228 e. The highest BCUT2D eigenvalue weighted by Crippen LogP contribution is 2.36. The predicted molar refractivity (Wildman–Crippen MR) is 134 cm³/mol. The lowest BCUT2D eigenvalue weighted by Gasteiger charge is -2.17.